The fourth-order valence-electron chi connectivity index (χ4n) is 1.64. The van der Waals surface area contributed by atoms with Crippen LogP contribution >= 0.6 is 0 Å². The first-order chi connectivity index (χ1) is 8.08. The molecule has 0 aliphatic rings. The average molecular weight is 237 g/mol. The normalized spacial score (nSPS) is 11.4. The summed E-state index contributed by atoms with van der Waals surface area (Å²) in [7, 11) is 2.07. The Labute approximate surface area is 103 Å². The monoisotopic (exact) mass is 237 g/mol. The molecule has 1 heterocycles. The molecule has 0 aliphatic heterocycles. The summed E-state index contributed by atoms with van der Waals surface area (Å²) >= 11 is 0. The second-order valence-corrected chi connectivity index (χ2v) is 4.90. The van der Waals surface area contributed by atoms with E-state index >= 15 is 0 Å². The zero-order valence-electron chi connectivity index (χ0n) is 11.0. The highest BCUT2D eigenvalue weighted by Gasteiger charge is 2.00. The average Bonchev–Trinajstić information content (AvgIpc) is 2.24. The van der Waals surface area contributed by atoms with E-state index in [4.69, 9.17) is 0 Å². The Morgan fingerprint density at radius 1 is 1.47 bits per heavy atom. The van der Waals surface area contributed by atoms with Crippen LogP contribution in [0.2, 0.25) is 0 Å². The Morgan fingerprint density at radius 2 is 2.24 bits per heavy atom. The minimum absolute atomic E-state index is 0.0335. The quantitative estimate of drug-likeness (QED) is 0.697. The third-order valence-corrected chi connectivity index (χ3v) is 2.51. The second-order valence-electron chi connectivity index (χ2n) is 4.90. The van der Waals surface area contributed by atoms with E-state index in [9.17, 15) is 4.79 Å². The molecule has 0 saturated carbocycles. The maximum absolute atomic E-state index is 11.1. The van der Waals surface area contributed by atoms with E-state index in [2.05, 4.69) is 36.1 Å². The lowest BCUT2D eigenvalue weighted by Crippen LogP contribution is -2.31. The molecule has 0 aromatic carbocycles. The zero-order chi connectivity index (χ0) is 12.7. The van der Waals surface area contributed by atoms with Gasteiger partial charge in [0.05, 0.1) is 0 Å². The van der Waals surface area contributed by atoms with Crippen LogP contribution in [0.5, 0.6) is 0 Å². The van der Waals surface area contributed by atoms with Gasteiger partial charge >= 0.3 is 0 Å². The first kappa shape index (κ1) is 13.9. The maximum Gasteiger partial charge on any atom is 0.248 e. The van der Waals surface area contributed by atoms with E-state index in [1.807, 2.05) is 6.07 Å². The third-order valence-electron chi connectivity index (χ3n) is 2.51. The Hall–Kier alpha value is -1.13. The van der Waals surface area contributed by atoms with E-state index in [-0.39, 0.29) is 5.56 Å². The summed E-state index contributed by atoms with van der Waals surface area (Å²) in [6, 6.07) is 3.59. The van der Waals surface area contributed by atoms with Crippen molar-refractivity contribution in [1.82, 2.24) is 15.2 Å². The summed E-state index contributed by atoms with van der Waals surface area (Å²) in [5.74, 6) is 0.688. The van der Waals surface area contributed by atoms with Gasteiger partial charge in [0.25, 0.3) is 0 Å². The molecular formula is C13H23N3O. The van der Waals surface area contributed by atoms with Gasteiger partial charge in [-0.2, -0.15) is 0 Å². The number of aromatic amines is 1. The molecule has 17 heavy (non-hydrogen) atoms. The molecule has 4 nitrogen and oxygen atoms in total. The van der Waals surface area contributed by atoms with E-state index in [0.29, 0.717) is 5.92 Å². The van der Waals surface area contributed by atoms with E-state index in [1.165, 1.54) is 0 Å². The molecule has 1 rings (SSSR count). The molecule has 0 unspecified atom stereocenters. The molecule has 96 valence electrons. The Balaban J connectivity index is 2.25. The summed E-state index contributed by atoms with van der Waals surface area (Å²) in [6.45, 7) is 8.24. The molecule has 4 heteroatoms. The fraction of sp³-hybridized carbons (Fsp3) is 0.615. The topological polar surface area (TPSA) is 48.1 Å². The second kappa shape index (κ2) is 7.25. The van der Waals surface area contributed by atoms with Crippen LogP contribution in [0.15, 0.2) is 23.1 Å². The zero-order valence-corrected chi connectivity index (χ0v) is 11.0. The van der Waals surface area contributed by atoms with Crippen LogP contribution in [0.1, 0.15) is 19.4 Å². The molecule has 0 saturated heterocycles. The van der Waals surface area contributed by atoms with Gasteiger partial charge in [0.15, 0.2) is 0 Å². The van der Waals surface area contributed by atoms with Crippen molar-refractivity contribution in [2.24, 2.45) is 5.92 Å². The van der Waals surface area contributed by atoms with E-state index in [1.54, 1.807) is 12.3 Å². The van der Waals surface area contributed by atoms with Gasteiger partial charge in [0.2, 0.25) is 5.56 Å². The summed E-state index contributed by atoms with van der Waals surface area (Å²) < 4.78 is 0. The largest absolute Gasteiger partial charge is 0.329 e. The highest BCUT2D eigenvalue weighted by atomic mass is 16.1. The van der Waals surface area contributed by atoms with Crippen molar-refractivity contribution in [3.8, 4) is 0 Å². The predicted molar refractivity (Wildman–Crippen MR) is 71.1 cm³/mol. The minimum Gasteiger partial charge on any atom is -0.329 e. The molecule has 0 fully saturated rings. The van der Waals surface area contributed by atoms with Gasteiger partial charge in [-0.05, 0) is 31.1 Å². The number of H-pyrrole nitrogens is 1. The summed E-state index contributed by atoms with van der Waals surface area (Å²) in [5.41, 5.74) is 1.02. The molecule has 0 bridgehead atoms. The Morgan fingerprint density at radius 3 is 2.88 bits per heavy atom. The maximum atomic E-state index is 11.1. The molecule has 2 N–H and O–H groups in total. The smallest absolute Gasteiger partial charge is 0.248 e. The summed E-state index contributed by atoms with van der Waals surface area (Å²) in [5, 5.41) is 3.40. The molecule has 0 spiro atoms. The molecule has 1 aromatic rings. The van der Waals surface area contributed by atoms with Gasteiger partial charge < -0.3 is 15.2 Å². The number of nitrogens with zero attached hydrogens (tertiary/aromatic N) is 1. The summed E-state index contributed by atoms with van der Waals surface area (Å²) in [4.78, 5) is 16.0. The Kier molecular flexibility index (Phi) is 5.94. The van der Waals surface area contributed by atoms with Gasteiger partial charge in [-0.25, -0.2) is 0 Å². The van der Waals surface area contributed by atoms with Crippen LogP contribution in [-0.4, -0.2) is 36.6 Å². The van der Waals surface area contributed by atoms with Gasteiger partial charge in [-0.1, -0.05) is 13.8 Å². The van der Waals surface area contributed by atoms with Gasteiger partial charge in [0, 0.05) is 31.9 Å². The van der Waals surface area contributed by atoms with Gasteiger partial charge in [0.1, 0.15) is 0 Å². The van der Waals surface area contributed by atoms with Crippen molar-refractivity contribution in [3.05, 3.63) is 34.2 Å². The predicted octanol–water partition coefficient (Wildman–Crippen LogP) is 1.05. The lowest BCUT2D eigenvalue weighted by Gasteiger charge is -2.17. The highest BCUT2D eigenvalue weighted by Crippen LogP contribution is 1.98. The summed E-state index contributed by atoms with van der Waals surface area (Å²) in [6.07, 6.45) is 1.70. The first-order valence-corrected chi connectivity index (χ1v) is 6.15. The van der Waals surface area contributed by atoms with Crippen molar-refractivity contribution in [1.29, 1.82) is 0 Å². The number of hydrogen-bond donors (Lipinski definition) is 2. The lowest BCUT2D eigenvalue weighted by atomic mass is 10.2. The van der Waals surface area contributed by atoms with Crippen LogP contribution in [0, 0.1) is 5.92 Å². The van der Waals surface area contributed by atoms with Crippen molar-refractivity contribution in [2.45, 2.75) is 20.4 Å². The van der Waals surface area contributed by atoms with Crippen LogP contribution in [0.25, 0.3) is 0 Å². The number of rotatable bonds is 7. The van der Waals surface area contributed by atoms with Crippen LogP contribution in [-0.2, 0) is 6.54 Å². The third kappa shape index (κ3) is 6.24. The van der Waals surface area contributed by atoms with Crippen molar-refractivity contribution >= 4 is 0 Å². The standard InChI is InChI=1S/C13H23N3O/c1-11(2)9-14-6-7-16(3)10-12-4-5-15-13(17)8-12/h4-5,8,11,14H,6-7,9-10H2,1-3H3,(H,15,17). The van der Waals surface area contributed by atoms with Crippen LogP contribution in [0.3, 0.4) is 0 Å². The van der Waals surface area contributed by atoms with Crippen molar-refractivity contribution in [3.63, 3.8) is 0 Å². The van der Waals surface area contributed by atoms with Crippen molar-refractivity contribution < 1.29 is 0 Å². The Bertz CT molecular complexity index is 373. The van der Waals surface area contributed by atoms with Gasteiger partial charge in [-0.3, -0.25) is 4.79 Å². The lowest BCUT2D eigenvalue weighted by molar-refractivity contribution is 0.321. The van der Waals surface area contributed by atoms with Gasteiger partial charge in [-0.15, -0.1) is 0 Å². The molecule has 0 radical (unpaired) electrons. The minimum atomic E-state index is -0.0335. The van der Waals surface area contributed by atoms with Crippen LogP contribution in [0.4, 0.5) is 0 Å². The fourth-order valence-corrected chi connectivity index (χ4v) is 1.64. The number of aromatic nitrogens is 1. The van der Waals surface area contributed by atoms with Crippen LogP contribution < -0.4 is 10.9 Å². The molecule has 0 amide bonds. The van der Waals surface area contributed by atoms with Crippen molar-refractivity contribution in [2.75, 3.05) is 26.7 Å². The SMILES string of the molecule is CC(C)CNCCN(C)Cc1cc[nH]c(=O)c1. The molecular weight excluding hydrogens is 214 g/mol. The number of pyridine rings is 1. The molecule has 0 atom stereocenters. The highest BCUT2D eigenvalue weighted by molar-refractivity contribution is 5.09. The number of nitrogens with one attached hydrogen (secondary N) is 2. The molecule has 1 aromatic heterocycles. The molecule has 0 aliphatic carbocycles. The number of hydrogen-bond acceptors (Lipinski definition) is 3. The van der Waals surface area contributed by atoms with E-state index in [0.717, 1.165) is 31.7 Å². The number of likely N-dealkylation sites (N-methyl/N-ethyl adjacent to an activating group) is 1. The first-order valence-electron chi connectivity index (χ1n) is 6.15. The van der Waals surface area contributed by atoms with E-state index < -0.39 is 0 Å².